The van der Waals surface area contributed by atoms with Crippen LogP contribution >= 0.6 is 15.9 Å². The first-order valence-corrected chi connectivity index (χ1v) is 10.8. The summed E-state index contributed by atoms with van der Waals surface area (Å²) in [5.74, 6) is 1.98. The summed E-state index contributed by atoms with van der Waals surface area (Å²) < 4.78 is 12.0. The largest absolute Gasteiger partial charge is 0.462 e. The molecule has 3 aliphatic carbocycles. The van der Waals surface area contributed by atoms with Crippen LogP contribution in [-0.4, -0.2) is 18.0 Å². The van der Waals surface area contributed by atoms with E-state index in [9.17, 15) is 9.59 Å². The highest BCUT2D eigenvalue weighted by Gasteiger charge is 2.56. The lowest BCUT2D eigenvalue weighted by Gasteiger charge is -2.50. The van der Waals surface area contributed by atoms with Gasteiger partial charge in [0, 0.05) is 19.3 Å². The van der Waals surface area contributed by atoms with Crippen molar-refractivity contribution in [2.75, 3.05) is 0 Å². The lowest BCUT2D eigenvalue weighted by atomic mass is 9.55. The van der Waals surface area contributed by atoms with E-state index >= 15 is 0 Å². The van der Waals surface area contributed by atoms with E-state index in [1.54, 1.807) is 0 Å². The molecule has 5 heteroatoms. The first-order valence-electron chi connectivity index (χ1n) is 9.98. The summed E-state index contributed by atoms with van der Waals surface area (Å²) in [7, 11) is 0. The summed E-state index contributed by atoms with van der Waals surface area (Å²) in [6, 6.07) is 4.09. The highest BCUT2D eigenvalue weighted by atomic mass is 79.9. The first-order chi connectivity index (χ1) is 12.8. The van der Waals surface area contributed by atoms with Crippen molar-refractivity contribution in [1.82, 2.24) is 0 Å². The number of rotatable bonds is 2. The van der Waals surface area contributed by atoms with Crippen LogP contribution in [0.3, 0.4) is 0 Å². The first kappa shape index (κ1) is 19.0. The summed E-state index contributed by atoms with van der Waals surface area (Å²) in [4.78, 5) is 22.9. The van der Waals surface area contributed by atoms with Crippen molar-refractivity contribution in [2.45, 2.75) is 71.3 Å². The van der Waals surface area contributed by atoms with Crippen LogP contribution in [0.5, 0.6) is 5.75 Å². The molecule has 0 amide bonds. The molecule has 4 nitrogen and oxygen atoms in total. The molecule has 0 radical (unpaired) electrons. The topological polar surface area (TPSA) is 52.6 Å². The molecule has 2 saturated carbocycles. The van der Waals surface area contributed by atoms with Crippen LogP contribution in [-0.2, 0) is 20.7 Å². The molecule has 0 spiro atoms. The summed E-state index contributed by atoms with van der Waals surface area (Å²) in [5.41, 5.74) is 2.82. The van der Waals surface area contributed by atoms with Crippen LogP contribution in [0.4, 0.5) is 0 Å². The Morgan fingerprint density at radius 3 is 2.59 bits per heavy atom. The van der Waals surface area contributed by atoms with Gasteiger partial charge in [-0.3, -0.25) is 9.59 Å². The third-order valence-corrected chi connectivity index (χ3v) is 8.15. The maximum Gasteiger partial charge on any atom is 0.308 e. The number of benzene rings is 1. The molecule has 0 saturated heterocycles. The van der Waals surface area contributed by atoms with Crippen LogP contribution in [0, 0.1) is 17.3 Å². The van der Waals surface area contributed by atoms with Crippen molar-refractivity contribution in [3.05, 3.63) is 27.7 Å². The van der Waals surface area contributed by atoms with Gasteiger partial charge in [-0.1, -0.05) is 13.0 Å². The van der Waals surface area contributed by atoms with Crippen molar-refractivity contribution < 1.29 is 19.1 Å². The van der Waals surface area contributed by atoms with E-state index in [0.717, 1.165) is 43.0 Å². The maximum absolute atomic E-state index is 11.5. The molecule has 0 aromatic heterocycles. The predicted octanol–water partition coefficient (Wildman–Crippen LogP) is 5.16. The minimum Gasteiger partial charge on any atom is -0.462 e. The van der Waals surface area contributed by atoms with Gasteiger partial charge in [0.05, 0.1) is 4.47 Å². The van der Waals surface area contributed by atoms with Gasteiger partial charge in [-0.15, -0.1) is 0 Å². The van der Waals surface area contributed by atoms with Gasteiger partial charge in [-0.25, -0.2) is 0 Å². The highest BCUT2D eigenvalue weighted by Crippen LogP contribution is 2.62. The number of carbonyl (C=O) groups excluding carboxylic acids is 2. The van der Waals surface area contributed by atoms with Gasteiger partial charge in [0.15, 0.2) is 0 Å². The third kappa shape index (κ3) is 3.12. The van der Waals surface area contributed by atoms with Crippen molar-refractivity contribution in [2.24, 2.45) is 17.3 Å². The number of ether oxygens (including phenoxy) is 2. The van der Waals surface area contributed by atoms with Crippen molar-refractivity contribution in [1.29, 1.82) is 0 Å². The molecular weight excluding hydrogens is 408 g/mol. The van der Waals surface area contributed by atoms with Crippen LogP contribution < -0.4 is 4.74 Å². The molecule has 0 bridgehead atoms. The van der Waals surface area contributed by atoms with Crippen LogP contribution in [0.1, 0.15) is 69.9 Å². The smallest absolute Gasteiger partial charge is 0.308 e. The molecule has 1 aromatic carbocycles. The van der Waals surface area contributed by atoms with Crippen molar-refractivity contribution >= 4 is 27.9 Å². The SMILES string of the molecule is CC(=O)Oc1ccc2c(c1Br)CC[C@@H]1[C@@H]2CC[C@]2(C)[C@@H](OC(C)=O)CC[C@@H]12. The Kier molecular flexibility index (Phi) is 4.86. The van der Waals surface area contributed by atoms with Gasteiger partial charge in [0.2, 0.25) is 0 Å². The molecule has 5 atom stereocenters. The highest BCUT2D eigenvalue weighted by molar-refractivity contribution is 9.10. The van der Waals surface area contributed by atoms with Gasteiger partial charge in [0.25, 0.3) is 0 Å². The van der Waals surface area contributed by atoms with Gasteiger partial charge in [-0.05, 0) is 89.4 Å². The van der Waals surface area contributed by atoms with E-state index in [-0.39, 0.29) is 23.5 Å². The standard InChI is InChI=1S/C22H27BrO4/c1-12(24)26-19-8-6-14-15-10-11-22(3)18(7-9-20(22)27-13(2)25)16(15)4-5-17(14)21(19)23/h6,8,15-16,18,20H,4-5,7,9-11H2,1-3H3/t15-,16-,18+,20+,22+/m1/s1. The Morgan fingerprint density at radius 1 is 1.11 bits per heavy atom. The zero-order valence-corrected chi connectivity index (χ0v) is 17.8. The molecule has 2 fully saturated rings. The fraction of sp³-hybridized carbons (Fsp3) is 0.636. The van der Waals surface area contributed by atoms with E-state index in [0.29, 0.717) is 23.5 Å². The third-order valence-electron chi connectivity index (χ3n) is 7.28. The molecule has 0 aliphatic heterocycles. The fourth-order valence-electron chi connectivity index (χ4n) is 6.18. The second kappa shape index (κ2) is 6.91. The average Bonchev–Trinajstić information content (AvgIpc) is 2.93. The summed E-state index contributed by atoms with van der Waals surface area (Å²) >= 11 is 3.68. The quantitative estimate of drug-likeness (QED) is 0.476. The number of halogens is 1. The Labute approximate surface area is 169 Å². The Hall–Kier alpha value is -1.36. The normalized spacial score (nSPS) is 34.2. The molecule has 27 heavy (non-hydrogen) atoms. The molecule has 4 rings (SSSR count). The number of esters is 2. The van der Waals surface area contributed by atoms with Crippen LogP contribution in [0.25, 0.3) is 0 Å². The van der Waals surface area contributed by atoms with Gasteiger partial charge < -0.3 is 9.47 Å². The molecule has 0 N–H and O–H groups in total. The number of carbonyl (C=O) groups is 2. The summed E-state index contributed by atoms with van der Waals surface area (Å²) in [5, 5.41) is 0. The van der Waals surface area contributed by atoms with Crippen molar-refractivity contribution in [3.8, 4) is 5.75 Å². The van der Waals surface area contributed by atoms with Crippen LogP contribution in [0.15, 0.2) is 16.6 Å². The molecular formula is C22H27BrO4. The van der Waals surface area contributed by atoms with Gasteiger partial charge in [0.1, 0.15) is 11.9 Å². The Balaban J connectivity index is 1.62. The lowest BCUT2D eigenvalue weighted by Crippen LogP contribution is -2.45. The minimum absolute atomic E-state index is 0.0698. The molecule has 0 heterocycles. The zero-order chi connectivity index (χ0) is 19.3. The summed E-state index contributed by atoms with van der Waals surface area (Å²) in [6.45, 7) is 5.30. The Morgan fingerprint density at radius 2 is 1.89 bits per heavy atom. The van der Waals surface area contributed by atoms with E-state index in [1.807, 2.05) is 6.07 Å². The fourth-order valence-corrected chi connectivity index (χ4v) is 6.82. The molecule has 146 valence electrons. The zero-order valence-electron chi connectivity index (χ0n) is 16.2. The predicted molar refractivity (Wildman–Crippen MR) is 106 cm³/mol. The van der Waals surface area contributed by atoms with Crippen LogP contribution in [0.2, 0.25) is 0 Å². The number of fused-ring (bicyclic) bond motifs is 5. The second-order valence-corrected chi connectivity index (χ2v) is 9.47. The van der Waals surface area contributed by atoms with E-state index in [1.165, 1.54) is 25.0 Å². The van der Waals surface area contributed by atoms with E-state index < -0.39 is 0 Å². The Bertz CT molecular complexity index is 789. The maximum atomic E-state index is 11.5. The van der Waals surface area contributed by atoms with Gasteiger partial charge in [-0.2, -0.15) is 0 Å². The van der Waals surface area contributed by atoms with E-state index in [2.05, 4.69) is 28.9 Å². The minimum atomic E-state index is -0.291. The molecule has 3 aliphatic rings. The number of hydrogen-bond donors (Lipinski definition) is 0. The molecule has 1 aromatic rings. The number of hydrogen-bond acceptors (Lipinski definition) is 4. The average molecular weight is 435 g/mol. The van der Waals surface area contributed by atoms with Gasteiger partial charge >= 0.3 is 11.9 Å². The second-order valence-electron chi connectivity index (χ2n) is 8.67. The van der Waals surface area contributed by atoms with E-state index in [4.69, 9.17) is 9.47 Å². The monoisotopic (exact) mass is 434 g/mol. The lowest BCUT2D eigenvalue weighted by molar-refractivity contribution is -0.154. The molecule has 0 unspecified atom stereocenters. The summed E-state index contributed by atoms with van der Waals surface area (Å²) in [6.07, 6.45) is 6.58. The van der Waals surface area contributed by atoms with Crippen molar-refractivity contribution in [3.63, 3.8) is 0 Å².